The Morgan fingerprint density at radius 2 is 2.00 bits per heavy atom. The van der Waals surface area contributed by atoms with Gasteiger partial charge in [0.15, 0.2) is 0 Å². The van der Waals surface area contributed by atoms with Crippen LogP contribution in [0.1, 0.15) is 58.1 Å². The zero-order chi connectivity index (χ0) is 15.5. The number of para-hydroxylation sites is 1. The molecule has 0 amide bonds. The minimum Gasteiger partial charge on any atom is -0.491 e. The molecule has 2 rings (SSSR count). The maximum atomic E-state index is 6.65. The van der Waals surface area contributed by atoms with Gasteiger partial charge in [-0.1, -0.05) is 38.0 Å². The van der Waals surface area contributed by atoms with Gasteiger partial charge in [-0.15, -0.1) is 0 Å². The standard InChI is InChI=1S/C18H29NO2/c1-13(2)21-16-10-6-5-9-15(16)17(19)18(20-4)11-7-8-14(3)12-18/h5-6,9-10,13-14,17H,7-8,11-12,19H2,1-4H3. The lowest BCUT2D eigenvalue weighted by Crippen LogP contribution is -2.46. The molecule has 0 aromatic heterocycles. The molecule has 118 valence electrons. The molecule has 3 nitrogen and oxygen atoms in total. The lowest BCUT2D eigenvalue weighted by atomic mass is 9.73. The monoisotopic (exact) mass is 291 g/mol. The molecule has 1 aliphatic carbocycles. The summed E-state index contributed by atoms with van der Waals surface area (Å²) in [6.45, 7) is 6.37. The quantitative estimate of drug-likeness (QED) is 0.889. The van der Waals surface area contributed by atoms with Gasteiger partial charge in [0.25, 0.3) is 0 Å². The second-order valence-corrected chi connectivity index (χ2v) is 6.65. The van der Waals surface area contributed by atoms with Crippen LogP contribution < -0.4 is 10.5 Å². The third-order valence-corrected chi connectivity index (χ3v) is 4.58. The first-order valence-corrected chi connectivity index (χ1v) is 8.05. The lowest BCUT2D eigenvalue weighted by Gasteiger charge is -2.43. The number of hydrogen-bond acceptors (Lipinski definition) is 3. The van der Waals surface area contributed by atoms with Gasteiger partial charge in [-0.05, 0) is 38.7 Å². The van der Waals surface area contributed by atoms with Gasteiger partial charge in [-0.25, -0.2) is 0 Å². The number of benzene rings is 1. The van der Waals surface area contributed by atoms with E-state index < -0.39 is 0 Å². The third-order valence-electron chi connectivity index (χ3n) is 4.58. The van der Waals surface area contributed by atoms with Crippen LogP contribution in [0, 0.1) is 5.92 Å². The Hall–Kier alpha value is -1.06. The van der Waals surface area contributed by atoms with Gasteiger partial charge < -0.3 is 15.2 Å². The Bertz CT molecular complexity index is 460. The largest absolute Gasteiger partial charge is 0.491 e. The van der Waals surface area contributed by atoms with E-state index in [4.69, 9.17) is 15.2 Å². The van der Waals surface area contributed by atoms with Gasteiger partial charge >= 0.3 is 0 Å². The van der Waals surface area contributed by atoms with Crippen molar-refractivity contribution >= 4 is 0 Å². The smallest absolute Gasteiger partial charge is 0.124 e. The normalized spacial score (nSPS) is 27.6. The molecular weight excluding hydrogens is 262 g/mol. The summed E-state index contributed by atoms with van der Waals surface area (Å²) >= 11 is 0. The highest BCUT2D eigenvalue weighted by molar-refractivity contribution is 5.37. The Balaban J connectivity index is 2.31. The minimum absolute atomic E-state index is 0.141. The van der Waals surface area contributed by atoms with Gasteiger partial charge in [-0.2, -0.15) is 0 Å². The lowest BCUT2D eigenvalue weighted by molar-refractivity contribution is -0.0723. The molecule has 0 saturated heterocycles. The summed E-state index contributed by atoms with van der Waals surface area (Å²) in [5.74, 6) is 1.54. The van der Waals surface area contributed by atoms with E-state index in [0.717, 1.165) is 24.2 Å². The molecule has 1 fully saturated rings. The van der Waals surface area contributed by atoms with Gasteiger partial charge in [0.2, 0.25) is 0 Å². The van der Waals surface area contributed by atoms with Crippen LogP contribution in [0.4, 0.5) is 0 Å². The zero-order valence-corrected chi connectivity index (χ0v) is 13.8. The predicted octanol–water partition coefficient (Wildman–Crippen LogP) is 4.07. The van der Waals surface area contributed by atoms with Gasteiger partial charge in [0.05, 0.1) is 17.7 Å². The van der Waals surface area contributed by atoms with Crippen molar-refractivity contribution in [1.29, 1.82) is 0 Å². The molecule has 0 bridgehead atoms. The van der Waals surface area contributed by atoms with Crippen LogP contribution in [-0.4, -0.2) is 18.8 Å². The first-order chi connectivity index (χ1) is 9.98. The van der Waals surface area contributed by atoms with E-state index in [1.54, 1.807) is 7.11 Å². The SMILES string of the molecule is COC1(C(N)c2ccccc2OC(C)C)CCCC(C)C1. The molecule has 1 aliphatic rings. The molecule has 0 radical (unpaired) electrons. The molecule has 1 aromatic carbocycles. The van der Waals surface area contributed by atoms with E-state index >= 15 is 0 Å². The summed E-state index contributed by atoms with van der Waals surface area (Å²) in [7, 11) is 1.80. The first kappa shape index (κ1) is 16.3. The maximum Gasteiger partial charge on any atom is 0.124 e. The van der Waals surface area contributed by atoms with Crippen LogP contribution in [0.25, 0.3) is 0 Å². The second kappa shape index (κ2) is 6.80. The molecule has 1 aromatic rings. The van der Waals surface area contributed by atoms with Crippen LogP contribution in [0.3, 0.4) is 0 Å². The summed E-state index contributed by atoms with van der Waals surface area (Å²) < 4.78 is 11.9. The zero-order valence-electron chi connectivity index (χ0n) is 13.8. The fourth-order valence-electron chi connectivity index (χ4n) is 3.52. The molecule has 3 unspecified atom stereocenters. The van der Waals surface area contributed by atoms with Crippen LogP contribution in [0.15, 0.2) is 24.3 Å². The molecular formula is C18H29NO2. The summed E-state index contributed by atoms with van der Waals surface area (Å²) in [4.78, 5) is 0. The van der Waals surface area contributed by atoms with Crippen LogP contribution in [0.5, 0.6) is 5.75 Å². The van der Waals surface area contributed by atoms with Crippen molar-refractivity contribution < 1.29 is 9.47 Å². The highest BCUT2D eigenvalue weighted by Crippen LogP contribution is 2.44. The van der Waals surface area contributed by atoms with Crippen molar-refractivity contribution in [2.75, 3.05) is 7.11 Å². The highest BCUT2D eigenvalue weighted by Gasteiger charge is 2.42. The number of ether oxygens (including phenoxy) is 2. The predicted molar refractivity (Wildman–Crippen MR) is 86.5 cm³/mol. The van der Waals surface area contributed by atoms with E-state index in [1.807, 2.05) is 32.0 Å². The van der Waals surface area contributed by atoms with E-state index in [-0.39, 0.29) is 17.7 Å². The Labute approximate surface area is 128 Å². The molecule has 1 saturated carbocycles. The van der Waals surface area contributed by atoms with Crippen LogP contribution >= 0.6 is 0 Å². The van der Waals surface area contributed by atoms with E-state index in [0.29, 0.717) is 5.92 Å². The summed E-state index contributed by atoms with van der Waals surface area (Å²) in [5.41, 5.74) is 7.44. The summed E-state index contributed by atoms with van der Waals surface area (Å²) in [5, 5.41) is 0. The number of methoxy groups -OCH3 is 1. The first-order valence-electron chi connectivity index (χ1n) is 8.05. The Morgan fingerprint density at radius 1 is 1.29 bits per heavy atom. The molecule has 3 heteroatoms. The van der Waals surface area contributed by atoms with Gasteiger partial charge in [0, 0.05) is 12.7 Å². The van der Waals surface area contributed by atoms with Crippen LogP contribution in [-0.2, 0) is 4.74 Å². The maximum absolute atomic E-state index is 6.65. The van der Waals surface area contributed by atoms with Crippen molar-refractivity contribution in [3.05, 3.63) is 29.8 Å². The average molecular weight is 291 g/mol. The van der Waals surface area contributed by atoms with Crippen molar-refractivity contribution in [2.24, 2.45) is 11.7 Å². The topological polar surface area (TPSA) is 44.5 Å². The molecule has 3 atom stereocenters. The fraction of sp³-hybridized carbons (Fsp3) is 0.667. The van der Waals surface area contributed by atoms with Crippen molar-refractivity contribution in [1.82, 2.24) is 0 Å². The number of hydrogen-bond donors (Lipinski definition) is 1. The van der Waals surface area contributed by atoms with E-state index in [9.17, 15) is 0 Å². The molecule has 2 N–H and O–H groups in total. The second-order valence-electron chi connectivity index (χ2n) is 6.65. The minimum atomic E-state index is -0.270. The van der Waals surface area contributed by atoms with Crippen LogP contribution in [0.2, 0.25) is 0 Å². The van der Waals surface area contributed by atoms with Crippen molar-refractivity contribution in [3.8, 4) is 5.75 Å². The molecule has 0 aliphatic heterocycles. The van der Waals surface area contributed by atoms with Crippen molar-refractivity contribution in [3.63, 3.8) is 0 Å². The molecule has 0 heterocycles. The van der Waals surface area contributed by atoms with E-state index in [1.165, 1.54) is 12.8 Å². The summed E-state index contributed by atoms with van der Waals surface area (Å²) in [6.07, 6.45) is 4.62. The van der Waals surface area contributed by atoms with Crippen molar-refractivity contribution in [2.45, 2.75) is 64.2 Å². The number of rotatable bonds is 5. The summed E-state index contributed by atoms with van der Waals surface area (Å²) in [6, 6.07) is 7.95. The highest BCUT2D eigenvalue weighted by atomic mass is 16.5. The Morgan fingerprint density at radius 3 is 2.62 bits per heavy atom. The molecule has 0 spiro atoms. The fourth-order valence-corrected chi connectivity index (χ4v) is 3.52. The Kier molecular flexibility index (Phi) is 5.28. The van der Waals surface area contributed by atoms with Gasteiger partial charge in [0.1, 0.15) is 5.75 Å². The third kappa shape index (κ3) is 3.58. The van der Waals surface area contributed by atoms with Gasteiger partial charge in [-0.3, -0.25) is 0 Å². The average Bonchev–Trinajstić information content (AvgIpc) is 2.46. The molecule has 21 heavy (non-hydrogen) atoms. The number of nitrogens with two attached hydrogens (primary N) is 1. The van der Waals surface area contributed by atoms with E-state index in [2.05, 4.69) is 13.0 Å².